The fraction of sp³-hybridized carbons (Fsp3) is 0.500. The predicted octanol–water partition coefficient (Wildman–Crippen LogP) is 3.32. The van der Waals surface area contributed by atoms with Gasteiger partial charge in [-0.15, -0.1) is 0 Å². The Labute approximate surface area is 132 Å². The van der Waals surface area contributed by atoms with Gasteiger partial charge in [0.25, 0.3) is 0 Å². The van der Waals surface area contributed by atoms with Gasteiger partial charge in [0.05, 0.1) is 12.3 Å². The van der Waals surface area contributed by atoms with E-state index in [2.05, 4.69) is 11.9 Å². The van der Waals surface area contributed by atoms with Crippen LogP contribution in [0.4, 0.5) is 0 Å². The lowest BCUT2D eigenvalue weighted by atomic mass is 10.0. The van der Waals surface area contributed by atoms with Crippen molar-refractivity contribution in [3.8, 4) is 0 Å². The number of rotatable bonds is 6. The molecular weight excluding hydrogens is 274 g/mol. The Morgan fingerprint density at radius 3 is 2.77 bits per heavy atom. The van der Waals surface area contributed by atoms with Crippen molar-refractivity contribution in [2.24, 2.45) is 10.9 Å². The number of amides is 1. The molecule has 1 N–H and O–H groups in total. The van der Waals surface area contributed by atoms with Gasteiger partial charge >= 0.3 is 0 Å². The SMILES string of the molecule is CCCCC(C)C(=O)N1CCN=C(Cc2ccccc2)C1=N. The summed E-state index contributed by atoms with van der Waals surface area (Å²) < 4.78 is 0. The molecule has 2 rings (SSSR count). The van der Waals surface area contributed by atoms with E-state index in [1.807, 2.05) is 37.3 Å². The number of carbonyl (C=O) groups excluding carboxylic acids is 1. The lowest BCUT2D eigenvalue weighted by Crippen LogP contribution is -2.47. The van der Waals surface area contributed by atoms with Crippen molar-refractivity contribution in [1.82, 2.24) is 4.90 Å². The molecule has 0 radical (unpaired) electrons. The van der Waals surface area contributed by atoms with Gasteiger partial charge in [-0.25, -0.2) is 0 Å². The fourth-order valence-electron chi connectivity index (χ4n) is 2.68. The molecule has 22 heavy (non-hydrogen) atoms. The molecule has 0 bridgehead atoms. The van der Waals surface area contributed by atoms with Crippen LogP contribution in [0, 0.1) is 11.3 Å². The lowest BCUT2D eigenvalue weighted by molar-refractivity contribution is -0.131. The smallest absolute Gasteiger partial charge is 0.231 e. The minimum atomic E-state index is -0.0172. The third-order valence-corrected chi connectivity index (χ3v) is 4.06. The number of nitrogens with one attached hydrogen (secondary N) is 1. The second kappa shape index (κ2) is 7.87. The Hall–Kier alpha value is -1.97. The molecule has 0 saturated carbocycles. The first-order chi connectivity index (χ1) is 10.6. The highest BCUT2D eigenvalue weighted by atomic mass is 16.2. The first kappa shape index (κ1) is 16.4. The van der Waals surface area contributed by atoms with E-state index in [4.69, 9.17) is 5.41 Å². The molecule has 1 heterocycles. The highest BCUT2D eigenvalue weighted by Crippen LogP contribution is 2.15. The van der Waals surface area contributed by atoms with Gasteiger partial charge in [0.15, 0.2) is 0 Å². The van der Waals surface area contributed by atoms with Gasteiger partial charge in [-0.2, -0.15) is 0 Å². The summed E-state index contributed by atoms with van der Waals surface area (Å²) in [5.74, 6) is 0.332. The molecular formula is C18H25N3O. The molecule has 1 aliphatic rings. The van der Waals surface area contributed by atoms with E-state index in [9.17, 15) is 4.79 Å². The van der Waals surface area contributed by atoms with Gasteiger partial charge in [0.2, 0.25) is 5.91 Å². The summed E-state index contributed by atoms with van der Waals surface area (Å²) >= 11 is 0. The van der Waals surface area contributed by atoms with E-state index >= 15 is 0 Å². The number of unbranched alkanes of at least 4 members (excludes halogenated alkanes) is 1. The quantitative estimate of drug-likeness (QED) is 0.860. The minimum Gasteiger partial charge on any atom is -0.294 e. The summed E-state index contributed by atoms with van der Waals surface area (Å²) in [6.45, 7) is 5.22. The Morgan fingerprint density at radius 2 is 2.09 bits per heavy atom. The highest BCUT2D eigenvalue weighted by molar-refractivity contribution is 6.43. The van der Waals surface area contributed by atoms with E-state index in [1.165, 1.54) is 0 Å². The van der Waals surface area contributed by atoms with Crippen LogP contribution in [-0.2, 0) is 11.2 Å². The molecule has 1 amide bonds. The normalized spacial score (nSPS) is 16.4. The third kappa shape index (κ3) is 4.03. The summed E-state index contributed by atoms with van der Waals surface area (Å²) in [5, 5.41) is 8.33. The molecule has 4 heteroatoms. The molecule has 1 unspecified atom stereocenters. The number of hydrogen-bond acceptors (Lipinski definition) is 3. The zero-order valence-corrected chi connectivity index (χ0v) is 13.5. The van der Waals surface area contributed by atoms with Gasteiger partial charge < -0.3 is 0 Å². The van der Waals surface area contributed by atoms with Crippen LogP contribution in [0.25, 0.3) is 0 Å². The summed E-state index contributed by atoms with van der Waals surface area (Å²) in [5.41, 5.74) is 1.84. The van der Waals surface area contributed by atoms with E-state index in [0.717, 1.165) is 24.8 Å². The van der Waals surface area contributed by atoms with Crippen LogP contribution < -0.4 is 0 Å². The largest absolute Gasteiger partial charge is 0.294 e. The molecule has 0 aromatic heterocycles. The molecule has 0 saturated heterocycles. The van der Waals surface area contributed by atoms with Gasteiger partial charge in [0, 0.05) is 18.9 Å². The average molecular weight is 299 g/mol. The molecule has 0 aliphatic carbocycles. The summed E-state index contributed by atoms with van der Waals surface area (Å²) in [6, 6.07) is 10.00. The summed E-state index contributed by atoms with van der Waals surface area (Å²) in [6.07, 6.45) is 3.66. The Bertz CT molecular complexity index is 551. The molecule has 1 aromatic rings. The van der Waals surface area contributed by atoms with Crippen LogP contribution >= 0.6 is 0 Å². The second-order valence-corrected chi connectivity index (χ2v) is 5.87. The van der Waals surface area contributed by atoms with Crippen LogP contribution in [-0.4, -0.2) is 35.4 Å². The van der Waals surface area contributed by atoms with Crippen molar-refractivity contribution in [2.75, 3.05) is 13.1 Å². The third-order valence-electron chi connectivity index (χ3n) is 4.06. The van der Waals surface area contributed by atoms with Crippen LogP contribution in [0.1, 0.15) is 38.7 Å². The molecule has 118 valence electrons. The van der Waals surface area contributed by atoms with Crippen LogP contribution in [0.2, 0.25) is 0 Å². The number of aliphatic imine (C=N–C) groups is 1. The lowest BCUT2D eigenvalue weighted by Gasteiger charge is -2.29. The molecule has 1 aromatic carbocycles. The van der Waals surface area contributed by atoms with E-state index in [-0.39, 0.29) is 17.7 Å². The van der Waals surface area contributed by atoms with E-state index in [0.29, 0.717) is 25.2 Å². The predicted molar refractivity (Wildman–Crippen MR) is 90.6 cm³/mol. The summed E-state index contributed by atoms with van der Waals surface area (Å²) in [7, 11) is 0. The number of hydrogen-bond donors (Lipinski definition) is 1. The molecule has 0 spiro atoms. The maximum Gasteiger partial charge on any atom is 0.231 e. The van der Waals surface area contributed by atoms with Crippen molar-refractivity contribution in [3.63, 3.8) is 0 Å². The monoisotopic (exact) mass is 299 g/mol. The highest BCUT2D eigenvalue weighted by Gasteiger charge is 2.28. The molecule has 0 fully saturated rings. The van der Waals surface area contributed by atoms with Gasteiger partial charge in [-0.05, 0) is 12.0 Å². The maximum atomic E-state index is 12.5. The molecule has 1 aliphatic heterocycles. The number of carbonyl (C=O) groups is 1. The zero-order chi connectivity index (χ0) is 15.9. The van der Waals surface area contributed by atoms with Crippen LogP contribution in [0.3, 0.4) is 0 Å². The Morgan fingerprint density at radius 1 is 1.36 bits per heavy atom. The van der Waals surface area contributed by atoms with Crippen LogP contribution in [0.15, 0.2) is 35.3 Å². The number of nitrogens with zero attached hydrogens (tertiary/aromatic N) is 2. The zero-order valence-electron chi connectivity index (χ0n) is 13.5. The topological polar surface area (TPSA) is 56.5 Å². The first-order valence-corrected chi connectivity index (χ1v) is 8.11. The van der Waals surface area contributed by atoms with Crippen molar-refractivity contribution in [1.29, 1.82) is 5.41 Å². The van der Waals surface area contributed by atoms with Crippen LogP contribution in [0.5, 0.6) is 0 Å². The Kier molecular flexibility index (Phi) is 5.87. The van der Waals surface area contributed by atoms with E-state index in [1.54, 1.807) is 4.90 Å². The average Bonchev–Trinajstić information content (AvgIpc) is 2.55. The van der Waals surface area contributed by atoms with Crippen molar-refractivity contribution < 1.29 is 4.79 Å². The number of benzene rings is 1. The minimum absolute atomic E-state index is 0.0172. The molecule has 4 nitrogen and oxygen atoms in total. The van der Waals surface area contributed by atoms with Gasteiger partial charge in [-0.1, -0.05) is 57.0 Å². The Balaban J connectivity index is 2.03. The molecule has 1 atom stereocenters. The summed E-state index contributed by atoms with van der Waals surface area (Å²) in [4.78, 5) is 18.6. The fourth-order valence-corrected chi connectivity index (χ4v) is 2.68. The standard InChI is InChI=1S/C18H25N3O/c1-3-4-8-14(2)18(22)21-12-11-20-16(17(21)19)13-15-9-6-5-7-10-15/h5-7,9-10,14,19H,3-4,8,11-13H2,1-2H3. The van der Waals surface area contributed by atoms with Crippen molar-refractivity contribution >= 4 is 17.5 Å². The maximum absolute atomic E-state index is 12.5. The van der Waals surface area contributed by atoms with Gasteiger partial charge in [-0.3, -0.25) is 20.1 Å². The van der Waals surface area contributed by atoms with Crippen molar-refractivity contribution in [3.05, 3.63) is 35.9 Å². The van der Waals surface area contributed by atoms with Crippen molar-refractivity contribution in [2.45, 2.75) is 39.5 Å². The van der Waals surface area contributed by atoms with E-state index < -0.39 is 0 Å². The first-order valence-electron chi connectivity index (χ1n) is 8.11. The second-order valence-electron chi connectivity index (χ2n) is 5.87. The van der Waals surface area contributed by atoms with Gasteiger partial charge in [0.1, 0.15) is 5.84 Å². The number of amidine groups is 1.